The number of rotatable bonds is 5. The van der Waals surface area contributed by atoms with Gasteiger partial charge in [0.05, 0.1) is 23.6 Å². The number of carbonyl (C=O) groups is 1. The number of hydrogen-bond donors (Lipinski definition) is 1. The number of methoxy groups -OCH3 is 1. The number of benzene rings is 2. The van der Waals surface area contributed by atoms with Crippen molar-refractivity contribution in [3.8, 4) is 5.75 Å². The predicted molar refractivity (Wildman–Crippen MR) is 103 cm³/mol. The second kappa shape index (κ2) is 7.53. The molecule has 0 radical (unpaired) electrons. The highest BCUT2D eigenvalue weighted by molar-refractivity contribution is 5.90. The van der Waals surface area contributed by atoms with Gasteiger partial charge < -0.3 is 19.6 Å². The Labute approximate surface area is 156 Å². The van der Waals surface area contributed by atoms with Crippen LogP contribution in [0.3, 0.4) is 0 Å². The standard InChI is InChI=1S/C21H21NO5/c1-4-14-10-18(23)15-6-8-19(25-3)16(20(15)27-14)11-26-21(24)13-5-7-17(22)12(2)9-13/h5-10H,4,11,22H2,1-3H3. The summed E-state index contributed by atoms with van der Waals surface area (Å²) in [6.45, 7) is 3.63. The Kier molecular flexibility index (Phi) is 5.16. The molecule has 0 saturated heterocycles. The summed E-state index contributed by atoms with van der Waals surface area (Å²) in [4.78, 5) is 24.7. The Balaban J connectivity index is 1.97. The SMILES string of the molecule is CCc1cc(=O)c2ccc(OC)c(COC(=O)c3ccc(N)c(C)c3)c2o1. The molecule has 0 bridgehead atoms. The van der Waals surface area contributed by atoms with Gasteiger partial charge in [-0.3, -0.25) is 4.79 Å². The minimum Gasteiger partial charge on any atom is -0.496 e. The highest BCUT2D eigenvalue weighted by Crippen LogP contribution is 2.28. The first-order valence-electron chi connectivity index (χ1n) is 8.60. The fourth-order valence-corrected chi connectivity index (χ4v) is 2.83. The lowest BCUT2D eigenvalue weighted by Crippen LogP contribution is -2.09. The average Bonchev–Trinajstić information content (AvgIpc) is 2.67. The molecule has 3 rings (SSSR count). The van der Waals surface area contributed by atoms with E-state index < -0.39 is 5.97 Å². The van der Waals surface area contributed by atoms with Gasteiger partial charge in [-0.05, 0) is 42.8 Å². The number of esters is 1. The van der Waals surface area contributed by atoms with E-state index >= 15 is 0 Å². The molecule has 6 nitrogen and oxygen atoms in total. The molecule has 0 aliphatic carbocycles. The molecule has 1 heterocycles. The first-order valence-corrected chi connectivity index (χ1v) is 8.60. The fourth-order valence-electron chi connectivity index (χ4n) is 2.83. The number of ether oxygens (including phenoxy) is 2. The minimum absolute atomic E-state index is 0.0844. The summed E-state index contributed by atoms with van der Waals surface area (Å²) in [5.41, 5.74) is 8.34. The lowest BCUT2D eigenvalue weighted by Gasteiger charge is -2.12. The van der Waals surface area contributed by atoms with Gasteiger partial charge in [0.1, 0.15) is 23.7 Å². The van der Waals surface area contributed by atoms with Crippen LogP contribution in [0, 0.1) is 6.92 Å². The van der Waals surface area contributed by atoms with E-state index in [9.17, 15) is 9.59 Å². The number of nitrogen functional groups attached to an aromatic ring is 1. The van der Waals surface area contributed by atoms with Gasteiger partial charge in [-0.1, -0.05) is 6.92 Å². The van der Waals surface area contributed by atoms with E-state index in [4.69, 9.17) is 19.6 Å². The van der Waals surface area contributed by atoms with Crippen LogP contribution >= 0.6 is 0 Å². The molecule has 1 aromatic heterocycles. The Morgan fingerprint density at radius 2 is 1.96 bits per heavy atom. The monoisotopic (exact) mass is 367 g/mol. The number of fused-ring (bicyclic) bond motifs is 1. The zero-order valence-electron chi connectivity index (χ0n) is 15.5. The van der Waals surface area contributed by atoms with Crippen molar-refractivity contribution in [3.05, 3.63) is 69.1 Å². The van der Waals surface area contributed by atoms with E-state index in [0.29, 0.717) is 45.7 Å². The van der Waals surface area contributed by atoms with Crippen molar-refractivity contribution in [2.45, 2.75) is 26.9 Å². The van der Waals surface area contributed by atoms with Crippen LogP contribution in [0.5, 0.6) is 5.75 Å². The van der Waals surface area contributed by atoms with Gasteiger partial charge in [-0.2, -0.15) is 0 Å². The Morgan fingerprint density at radius 3 is 2.63 bits per heavy atom. The Hall–Kier alpha value is -3.28. The molecule has 0 atom stereocenters. The summed E-state index contributed by atoms with van der Waals surface area (Å²) in [5.74, 6) is 0.550. The number of aryl methyl sites for hydroxylation is 2. The molecule has 0 fully saturated rings. The van der Waals surface area contributed by atoms with Gasteiger partial charge >= 0.3 is 5.97 Å². The maximum absolute atomic E-state index is 12.4. The minimum atomic E-state index is -0.494. The lowest BCUT2D eigenvalue weighted by molar-refractivity contribution is 0.0471. The summed E-state index contributed by atoms with van der Waals surface area (Å²) in [7, 11) is 1.51. The molecule has 0 unspecified atom stereocenters. The van der Waals surface area contributed by atoms with E-state index in [1.807, 2.05) is 13.8 Å². The van der Waals surface area contributed by atoms with Crippen molar-refractivity contribution < 1.29 is 18.7 Å². The van der Waals surface area contributed by atoms with Crippen molar-refractivity contribution >= 4 is 22.6 Å². The van der Waals surface area contributed by atoms with Crippen LogP contribution in [0.4, 0.5) is 5.69 Å². The molecule has 3 aromatic rings. The molecule has 0 aliphatic rings. The highest BCUT2D eigenvalue weighted by Gasteiger charge is 2.17. The van der Waals surface area contributed by atoms with Crippen molar-refractivity contribution in [1.29, 1.82) is 0 Å². The molecular formula is C21H21NO5. The predicted octanol–water partition coefficient (Wildman–Crippen LogP) is 3.61. The van der Waals surface area contributed by atoms with E-state index in [0.717, 1.165) is 5.56 Å². The van der Waals surface area contributed by atoms with Crippen molar-refractivity contribution in [2.24, 2.45) is 0 Å². The van der Waals surface area contributed by atoms with Crippen LogP contribution in [0.1, 0.15) is 34.2 Å². The van der Waals surface area contributed by atoms with E-state index in [1.165, 1.54) is 13.2 Å². The molecular weight excluding hydrogens is 346 g/mol. The lowest BCUT2D eigenvalue weighted by atomic mass is 10.1. The third-order valence-corrected chi connectivity index (χ3v) is 4.43. The summed E-state index contributed by atoms with van der Waals surface area (Å²) >= 11 is 0. The highest BCUT2D eigenvalue weighted by atomic mass is 16.5. The van der Waals surface area contributed by atoms with Crippen molar-refractivity contribution in [1.82, 2.24) is 0 Å². The molecule has 0 spiro atoms. The van der Waals surface area contributed by atoms with Crippen LogP contribution in [0.25, 0.3) is 11.0 Å². The second-order valence-corrected chi connectivity index (χ2v) is 6.20. The van der Waals surface area contributed by atoms with E-state index in [2.05, 4.69) is 0 Å². The molecule has 27 heavy (non-hydrogen) atoms. The molecule has 140 valence electrons. The van der Waals surface area contributed by atoms with Crippen molar-refractivity contribution in [2.75, 3.05) is 12.8 Å². The number of nitrogens with two attached hydrogens (primary N) is 1. The summed E-state index contributed by atoms with van der Waals surface area (Å²) in [6.07, 6.45) is 0.576. The summed E-state index contributed by atoms with van der Waals surface area (Å²) in [5, 5.41) is 0.419. The van der Waals surface area contributed by atoms with Gasteiger partial charge in [0.25, 0.3) is 0 Å². The van der Waals surface area contributed by atoms with Gasteiger partial charge in [-0.15, -0.1) is 0 Å². The van der Waals surface area contributed by atoms with Gasteiger partial charge in [0.15, 0.2) is 5.43 Å². The quantitative estimate of drug-likeness (QED) is 0.547. The zero-order valence-corrected chi connectivity index (χ0v) is 15.5. The van der Waals surface area contributed by atoms with Gasteiger partial charge in [0, 0.05) is 18.2 Å². The Morgan fingerprint density at radius 1 is 1.19 bits per heavy atom. The van der Waals surface area contributed by atoms with E-state index in [-0.39, 0.29) is 12.0 Å². The average molecular weight is 367 g/mol. The second-order valence-electron chi connectivity index (χ2n) is 6.20. The van der Waals surface area contributed by atoms with Crippen LogP contribution in [0.15, 0.2) is 45.6 Å². The third kappa shape index (κ3) is 3.65. The molecule has 0 amide bonds. The maximum atomic E-state index is 12.4. The van der Waals surface area contributed by atoms with E-state index in [1.54, 1.807) is 30.3 Å². The topological polar surface area (TPSA) is 91.8 Å². The largest absolute Gasteiger partial charge is 0.496 e. The Bertz CT molecular complexity index is 1070. The summed E-state index contributed by atoms with van der Waals surface area (Å²) in [6, 6.07) is 9.74. The van der Waals surface area contributed by atoms with Gasteiger partial charge in [0.2, 0.25) is 0 Å². The van der Waals surface area contributed by atoms with Crippen LogP contribution in [-0.4, -0.2) is 13.1 Å². The van der Waals surface area contributed by atoms with Crippen LogP contribution < -0.4 is 15.9 Å². The normalized spacial score (nSPS) is 10.8. The first kappa shape index (κ1) is 18.5. The number of anilines is 1. The van der Waals surface area contributed by atoms with Crippen LogP contribution in [0.2, 0.25) is 0 Å². The number of carbonyl (C=O) groups excluding carboxylic acids is 1. The van der Waals surface area contributed by atoms with Crippen LogP contribution in [-0.2, 0) is 17.8 Å². The molecule has 0 saturated carbocycles. The molecule has 0 aliphatic heterocycles. The maximum Gasteiger partial charge on any atom is 0.338 e. The zero-order chi connectivity index (χ0) is 19.6. The van der Waals surface area contributed by atoms with Gasteiger partial charge in [-0.25, -0.2) is 4.79 Å². The third-order valence-electron chi connectivity index (χ3n) is 4.43. The number of hydrogen-bond acceptors (Lipinski definition) is 6. The molecule has 2 N–H and O–H groups in total. The fraction of sp³-hybridized carbons (Fsp3) is 0.238. The van der Waals surface area contributed by atoms with Crippen molar-refractivity contribution in [3.63, 3.8) is 0 Å². The summed E-state index contributed by atoms with van der Waals surface area (Å²) < 4.78 is 16.7. The molecule has 2 aromatic carbocycles. The smallest absolute Gasteiger partial charge is 0.338 e. The molecule has 6 heteroatoms. The first-order chi connectivity index (χ1) is 12.9.